The van der Waals surface area contributed by atoms with Crippen LogP contribution in [0.5, 0.6) is 0 Å². The molecule has 1 aliphatic heterocycles. The molecule has 1 heterocycles. The lowest BCUT2D eigenvalue weighted by Crippen LogP contribution is -2.26. The predicted molar refractivity (Wildman–Crippen MR) is 73.5 cm³/mol. The summed E-state index contributed by atoms with van der Waals surface area (Å²) < 4.78 is 6.37. The fraction of sp³-hybridized carbons (Fsp3) is 0.455. The molecule has 0 aliphatic carbocycles. The van der Waals surface area contributed by atoms with Crippen LogP contribution in [0.15, 0.2) is 18.2 Å². The highest BCUT2D eigenvalue weighted by Gasteiger charge is 2.20. The molecule has 5 nitrogen and oxygen atoms in total. The predicted octanol–water partition coefficient (Wildman–Crippen LogP) is 2.43. The topological polar surface area (TPSA) is 55.6 Å². The van der Waals surface area contributed by atoms with Gasteiger partial charge < -0.3 is 9.64 Å². The van der Waals surface area contributed by atoms with Gasteiger partial charge in [0, 0.05) is 29.3 Å². The van der Waals surface area contributed by atoms with E-state index in [4.69, 9.17) is 4.74 Å². The third kappa shape index (κ3) is 3.06. The number of benzene rings is 1. The van der Waals surface area contributed by atoms with E-state index in [9.17, 15) is 10.1 Å². The maximum Gasteiger partial charge on any atom is 0.292 e. The minimum absolute atomic E-state index is 0.173. The summed E-state index contributed by atoms with van der Waals surface area (Å²) in [4.78, 5) is 12.7. The number of halogens is 1. The molecule has 0 N–H and O–H groups in total. The zero-order chi connectivity index (χ0) is 12.3. The first kappa shape index (κ1) is 12.6. The van der Waals surface area contributed by atoms with Crippen LogP contribution in [0.1, 0.15) is 6.42 Å². The fourth-order valence-corrected chi connectivity index (χ4v) is 2.37. The molecule has 1 aromatic rings. The van der Waals surface area contributed by atoms with E-state index in [0.717, 1.165) is 23.1 Å². The molecule has 17 heavy (non-hydrogen) atoms. The third-order valence-corrected chi connectivity index (χ3v) is 3.37. The molecule has 1 fully saturated rings. The Kier molecular flexibility index (Phi) is 4.16. The highest BCUT2D eigenvalue weighted by molar-refractivity contribution is 14.1. The first-order chi connectivity index (χ1) is 8.18. The van der Waals surface area contributed by atoms with Gasteiger partial charge >= 0.3 is 0 Å². The molecular weight excluding hydrogens is 335 g/mol. The van der Waals surface area contributed by atoms with E-state index in [1.165, 1.54) is 0 Å². The first-order valence-electron chi connectivity index (χ1n) is 5.45. The van der Waals surface area contributed by atoms with Crippen LogP contribution in [-0.2, 0) is 4.74 Å². The van der Waals surface area contributed by atoms with E-state index in [1.54, 1.807) is 12.1 Å². The van der Waals surface area contributed by atoms with Crippen LogP contribution in [0.4, 0.5) is 11.4 Å². The first-order valence-corrected chi connectivity index (χ1v) is 6.53. The molecule has 92 valence electrons. The number of nitro benzene ring substituents is 1. The highest BCUT2D eigenvalue weighted by Crippen LogP contribution is 2.30. The summed E-state index contributed by atoms with van der Waals surface area (Å²) in [6.07, 6.45) is 0.905. The summed E-state index contributed by atoms with van der Waals surface area (Å²) in [5.41, 5.74) is 0.875. The SMILES string of the molecule is O=[N+]([O-])c1ccc(I)cc1N1CCCOCC1. The van der Waals surface area contributed by atoms with E-state index >= 15 is 0 Å². The number of rotatable bonds is 2. The number of hydrogen-bond donors (Lipinski definition) is 0. The van der Waals surface area contributed by atoms with Gasteiger partial charge in [0.1, 0.15) is 5.69 Å². The lowest BCUT2D eigenvalue weighted by Gasteiger charge is -2.21. The average molecular weight is 348 g/mol. The number of hydrogen-bond acceptors (Lipinski definition) is 4. The molecule has 0 radical (unpaired) electrons. The Labute approximate surface area is 113 Å². The summed E-state index contributed by atoms with van der Waals surface area (Å²) in [6, 6.07) is 5.20. The van der Waals surface area contributed by atoms with E-state index < -0.39 is 0 Å². The molecule has 1 saturated heterocycles. The van der Waals surface area contributed by atoms with Crippen molar-refractivity contribution < 1.29 is 9.66 Å². The van der Waals surface area contributed by atoms with Gasteiger partial charge in [-0.3, -0.25) is 10.1 Å². The van der Waals surface area contributed by atoms with Crippen molar-refractivity contribution in [2.24, 2.45) is 0 Å². The Morgan fingerprint density at radius 2 is 2.18 bits per heavy atom. The molecule has 0 atom stereocenters. The second kappa shape index (κ2) is 5.63. The second-order valence-corrected chi connectivity index (χ2v) is 5.09. The second-order valence-electron chi connectivity index (χ2n) is 3.84. The summed E-state index contributed by atoms with van der Waals surface area (Å²) in [5, 5.41) is 11.0. The molecule has 0 bridgehead atoms. The lowest BCUT2D eigenvalue weighted by molar-refractivity contribution is -0.384. The van der Waals surface area contributed by atoms with Gasteiger partial charge in [-0.1, -0.05) is 0 Å². The van der Waals surface area contributed by atoms with Crippen molar-refractivity contribution in [3.8, 4) is 0 Å². The lowest BCUT2D eigenvalue weighted by atomic mass is 10.2. The monoisotopic (exact) mass is 348 g/mol. The van der Waals surface area contributed by atoms with E-state index in [0.29, 0.717) is 18.8 Å². The molecule has 1 aromatic carbocycles. The molecule has 0 unspecified atom stereocenters. The van der Waals surface area contributed by atoms with Crippen molar-refractivity contribution in [1.82, 2.24) is 0 Å². The number of nitro groups is 1. The van der Waals surface area contributed by atoms with Crippen LogP contribution in [0.3, 0.4) is 0 Å². The summed E-state index contributed by atoms with van der Waals surface area (Å²) in [5.74, 6) is 0. The van der Waals surface area contributed by atoms with Crippen molar-refractivity contribution in [2.75, 3.05) is 31.2 Å². The zero-order valence-electron chi connectivity index (χ0n) is 9.26. The van der Waals surface area contributed by atoms with Gasteiger partial charge in [-0.05, 0) is 41.1 Å². The Morgan fingerprint density at radius 3 is 2.94 bits per heavy atom. The number of anilines is 1. The summed E-state index contributed by atoms with van der Waals surface area (Å²) in [7, 11) is 0. The molecule has 1 aliphatic rings. The fourth-order valence-electron chi connectivity index (χ4n) is 1.89. The Hall–Kier alpha value is -0.890. The van der Waals surface area contributed by atoms with Crippen molar-refractivity contribution in [3.05, 3.63) is 31.9 Å². The quantitative estimate of drug-likeness (QED) is 0.468. The van der Waals surface area contributed by atoms with Gasteiger partial charge in [0.25, 0.3) is 5.69 Å². The van der Waals surface area contributed by atoms with E-state index in [-0.39, 0.29) is 10.6 Å². The minimum atomic E-state index is -0.322. The molecule has 0 aromatic heterocycles. The maximum atomic E-state index is 11.0. The van der Waals surface area contributed by atoms with Gasteiger partial charge in [-0.15, -0.1) is 0 Å². The summed E-state index contributed by atoms with van der Waals surface area (Å²) in [6.45, 7) is 2.87. The third-order valence-electron chi connectivity index (χ3n) is 2.70. The molecule has 0 amide bonds. The van der Waals surface area contributed by atoms with Crippen LogP contribution in [-0.4, -0.2) is 31.2 Å². The highest BCUT2D eigenvalue weighted by atomic mass is 127. The molecule has 2 rings (SSSR count). The molecular formula is C11H13IN2O3. The Balaban J connectivity index is 2.34. The molecule has 6 heteroatoms. The van der Waals surface area contributed by atoms with Crippen LogP contribution in [0.2, 0.25) is 0 Å². The molecule has 0 saturated carbocycles. The molecule has 0 spiro atoms. The van der Waals surface area contributed by atoms with Gasteiger partial charge in [-0.25, -0.2) is 0 Å². The van der Waals surface area contributed by atoms with Gasteiger partial charge in [0.2, 0.25) is 0 Å². The standard InChI is InChI=1S/C11H13IN2O3/c12-9-2-3-10(14(15)16)11(8-9)13-4-1-6-17-7-5-13/h2-3,8H,1,4-7H2. The van der Waals surface area contributed by atoms with Crippen LogP contribution >= 0.6 is 22.6 Å². The van der Waals surface area contributed by atoms with Crippen LogP contribution < -0.4 is 4.90 Å². The average Bonchev–Trinajstić information content (AvgIpc) is 2.56. The zero-order valence-corrected chi connectivity index (χ0v) is 11.4. The van der Waals surface area contributed by atoms with Crippen LogP contribution in [0.25, 0.3) is 0 Å². The van der Waals surface area contributed by atoms with Crippen molar-refractivity contribution in [2.45, 2.75) is 6.42 Å². The summed E-state index contributed by atoms with van der Waals surface area (Å²) >= 11 is 2.17. The van der Waals surface area contributed by atoms with E-state index in [1.807, 2.05) is 11.0 Å². The van der Waals surface area contributed by atoms with Gasteiger partial charge in [-0.2, -0.15) is 0 Å². The number of ether oxygens (including phenoxy) is 1. The van der Waals surface area contributed by atoms with Crippen molar-refractivity contribution >= 4 is 34.0 Å². The Morgan fingerprint density at radius 1 is 1.35 bits per heavy atom. The smallest absolute Gasteiger partial charge is 0.292 e. The minimum Gasteiger partial charge on any atom is -0.380 e. The normalized spacial score (nSPS) is 16.6. The van der Waals surface area contributed by atoms with E-state index in [2.05, 4.69) is 22.6 Å². The van der Waals surface area contributed by atoms with Crippen molar-refractivity contribution in [3.63, 3.8) is 0 Å². The number of nitrogens with zero attached hydrogens (tertiary/aromatic N) is 2. The van der Waals surface area contributed by atoms with Crippen molar-refractivity contribution in [1.29, 1.82) is 0 Å². The Bertz CT molecular complexity index is 417. The van der Waals surface area contributed by atoms with Gasteiger partial charge in [0.15, 0.2) is 0 Å². The van der Waals surface area contributed by atoms with Crippen LogP contribution in [0, 0.1) is 13.7 Å². The largest absolute Gasteiger partial charge is 0.380 e. The van der Waals surface area contributed by atoms with Gasteiger partial charge in [0.05, 0.1) is 11.5 Å². The maximum absolute atomic E-state index is 11.0.